The Balaban J connectivity index is 1.76. The minimum Gasteiger partial charge on any atom is -0.490 e. The number of hydrogen-bond donors (Lipinski definition) is 1. The average Bonchev–Trinajstić information content (AvgIpc) is 2.79. The van der Waals surface area contributed by atoms with Gasteiger partial charge in [-0.15, -0.1) is 0 Å². The lowest BCUT2D eigenvalue weighted by atomic mass is 10.1. The second-order valence-electron chi connectivity index (χ2n) is 7.04. The number of nitrogens with one attached hydrogen (secondary N) is 1. The number of carbonyl (C=O) groups excluding carboxylic acids is 1. The Morgan fingerprint density at radius 3 is 2.41 bits per heavy atom. The van der Waals surface area contributed by atoms with Gasteiger partial charge >= 0.3 is 0 Å². The van der Waals surface area contributed by atoms with Crippen LogP contribution in [0.5, 0.6) is 11.5 Å². The maximum absolute atomic E-state index is 12.5. The van der Waals surface area contributed by atoms with Crippen LogP contribution in [0.15, 0.2) is 72.3 Å². The minimum atomic E-state index is -0.464. The van der Waals surface area contributed by atoms with E-state index in [-0.39, 0.29) is 5.57 Å². The van der Waals surface area contributed by atoms with Crippen molar-refractivity contribution in [3.05, 3.63) is 92.6 Å². The van der Waals surface area contributed by atoms with Gasteiger partial charge in [-0.2, -0.15) is 5.26 Å². The number of nitrogens with zero attached hydrogens (tertiary/aromatic N) is 1. The first kappa shape index (κ1) is 23.4. The molecule has 0 radical (unpaired) electrons. The SMILES string of the molecule is CCOc1cc(/C=C(\C#N)C(=O)Nc2ccc(C)cc2)ccc1OCc1ccc(I)cc1. The van der Waals surface area contributed by atoms with Crippen molar-refractivity contribution >= 4 is 40.3 Å². The van der Waals surface area contributed by atoms with E-state index in [1.54, 1.807) is 30.3 Å². The number of halogens is 1. The highest BCUT2D eigenvalue weighted by molar-refractivity contribution is 14.1. The van der Waals surface area contributed by atoms with E-state index in [1.165, 1.54) is 6.08 Å². The molecule has 1 amide bonds. The molecule has 3 aromatic carbocycles. The number of amides is 1. The highest BCUT2D eigenvalue weighted by atomic mass is 127. The molecule has 0 unspecified atom stereocenters. The van der Waals surface area contributed by atoms with E-state index in [1.807, 2.05) is 56.3 Å². The summed E-state index contributed by atoms with van der Waals surface area (Å²) >= 11 is 2.26. The summed E-state index contributed by atoms with van der Waals surface area (Å²) in [5.41, 5.74) is 3.45. The summed E-state index contributed by atoms with van der Waals surface area (Å²) in [5, 5.41) is 12.2. The van der Waals surface area contributed by atoms with Crippen LogP contribution in [0.4, 0.5) is 5.69 Å². The smallest absolute Gasteiger partial charge is 0.266 e. The number of aryl methyl sites for hydroxylation is 1. The molecule has 0 bridgehead atoms. The van der Waals surface area contributed by atoms with Gasteiger partial charge in [-0.05, 0) is 90.0 Å². The Labute approximate surface area is 201 Å². The predicted molar refractivity (Wildman–Crippen MR) is 135 cm³/mol. The summed E-state index contributed by atoms with van der Waals surface area (Å²) in [6.45, 7) is 4.73. The third-order valence-electron chi connectivity index (χ3n) is 4.56. The third kappa shape index (κ3) is 6.59. The van der Waals surface area contributed by atoms with Crippen LogP contribution >= 0.6 is 22.6 Å². The molecule has 32 heavy (non-hydrogen) atoms. The highest BCUT2D eigenvalue weighted by Gasteiger charge is 2.12. The molecular formula is C26H23IN2O3. The van der Waals surface area contributed by atoms with Gasteiger partial charge in [0.05, 0.1) is 6.61 Å². The van der Waals surface area contributed by atoms with Crippen molar-refractivity contribution in [1.29, 1.82) is 5.26 Å². The number of nitriles is 1. The van der Waals surface area contributed by atoms with Crippen LogP contribution in [0.3, 0.4) is 0 Å². The first-order valence-corrected chi connectivity index (χ1v) is 11.2. The minimum absolute atomic E-state index is 0.000537. The van der Waals surface area contributed by atoms with Crippen LogP contribution in [-0.4, -0.2) is 12.5 Å². The molecule has 0 atom stereocenters. The highest BCUT2D eigenvalue weighted by Crippen LogP contribution is 2.30. The lowest BCUT2D eigenvalue weighted by Gasteiger charge is -2.13. The molecule has 0 saturated heterocycles. The largest absolute Gasteiger partial charge is 0.490 e. The zero-order valence-corrected chi connectivity index (χ0v) is 20.0. The molecule has 0 spiro atoms. The summed E-state index contributed by atoms with van der Waals surface area (Å²) in [5.74, 6) is 0.696. The molecule has 0 aliphatic rings. The van der Waals surface area contributed by atoms with Crippen LogP contribution in [0.2, 0.25) is 0 Å². The summed E-state index contributed by atoms with van der Waals surface area (Å²) in [4.78, 5) is 12.5. The summed E-state index contributed by atoms with van der Waals surface area (Å²) < 4.78 is 12.8. The van der Waals surface area contributed by atoms with Crippen LogP contribution in [0.25, 0.3) is 6.08 Å². The van der Waals surface area contributed by atoms with E-state index in [4.69, 9.17) is 9.47 Å². The maximum atomic E-state index is 12.5. The first-order valence-electron chi connectivity index (χ1n) is 10.1. The normalized spacial score (nSPS) is 10.9. The van der Waals surface area contributed by atoms with Gasteiger partial charge in [0, 0.05) is 9.26 Å². The van der Waals surface area contributed by atoms with E-state index in [2.05, 4.69) is 27.9 Å². The monoisotopic (exact) mass is 538 g/mol. The van der Waals surface area contributed by atoms with E-state index in [0.29, 0.717) is 36.0 Å². The van der Waals surface area contributed by atoms with Gasteiger partial charge in [-0.25, -0.2) is 0 Å². The molecule has 5 nitrogen and oxygen atoms in total. The van der Waals surface area contributed by atoms with Crippen LogP contribution in [-0.2, 0) is 11.4 Å². The molecule has 1 N–H and O–H groups in total. The molecule has 162 valence electrons. The van der Waals surface area contributed by atoms with Gasteiger partial charge in [0.25, 0.3) is 5.91 Å². The Bertz CT molecular complexity index is 1150. The Hall–Kier alpha value is -3.31. The fourth-order valence-electron chi connectivity index (χ4n) is 2.89. The van der Waals surface area contributed by atoms with E-state index in [9.17, 15) is 10.1 Å². The van der Waals surface area contributed by atoms with Crippen LogP contribution < -0.4 is 14.8 Å². The molecule has 0 heterocycles. The van der Waals surface area contributed by atoms with Crippen molar-refractivity contribution in [2.75, 3.05) is 11.9 Å². The maximum Gasteiger partial charge on any atom is 0.266 e. The molecule has 3 aromatic rings. The fraction of sp³-hybridized carbons (Fsp3) is 0.154. The van der Waals surface area contributed by atoms with Gasteiger partial charge in [-0.1, -0.05) is 35.9 Å². The summed E-state index contributed by atoms with van der Waals surface area (Å²) in [6, 6.07) is 22.8. The Kier molecular flexibility index (Phi) is 8.28. The zero-order chi connectivity index (χ0) is 22.9. The van der Waals surface area contributed by atoms with Crippen molar-refractivity contribution in [3.8, 4) is 17.6 Å². The molecule has 0 aromatic heterocycles. The molecule has 0 aliphatic heterocycles. The number of rotatable bonds is 8. The quantitative estimate of drug-likeness (QED) is 0.213. The van der Waals surface area contributed by atoms with E-state index >= 15 is 0 Å². The number of anilines is 1. The number of ether oxygens (including phenoxy) is 2. The van der Waals surface area contributed by atoms with Gasteiger partial charge in [0.15, 0.2) is 11.5 Å². The fourth-order valence-corrected chi connectivity index (χ4v) is 3.25. The molecule has 0 fully saturated rings. The standard InChI is InChI=1S/C26H23IN2O3/c1-3-31-25-15-20(8-13-24(25)32-17-19-6-9-22(27)10-7-19)14-21(16-28)26(30)29-23-11-4-18(2)5-12-23/h4-15H,3,17H2,1-2H3,(H,29,30)/b21-14+. The predicted octanol–water partition coefficient (Wildman–Crippen LogP) is 6.12. The lowest BCUT2D eigenvalue weighted by Crippen LogP contribution is -2.13. The summed E-state index contributed by atoms with van der Waals surface area (Å²) in [7, 11) is 0. The average molecular weight is 538 g/mol. The lowest BCUT2D eigenvalue weighted by molar-refractivity contribution is -0.112. The molecule has 3 rings (SSSR count). The number of carbonyl (C=O) groups is 1. The third-order valence-corrected chi connectivity index (χ3v) is 5.28. The number of benzene rings is 3. The molecule has 0 aliphatic carbocycles. The zero-order valence-electron chi connectivity index (χ0n) is 17.9. The van der Waals surface area contributed by atoms with Crippen LogP contribution in [0, 0.1) is 21.8 Å². The molecular weight excluding hydrogens is 515 g/mol. The molecule has 6 heteroatoms. The van der Waals surface area contributed by atoms with Gasteiger partial charge < -0.3 is 14.8 Å². The number of hydrogen-bond acceptors (Lipinski definition) is 4. The van der Waals surface area contributed by atoms with Crippen molar-refractivity contribution in [1.82, 2.24) is 0 Å². The van der Waals surface area contributed by atoms with Crippen molar-refractivity contribution < 1.29 is 14.3 Å². The second kappa shape index (κ2) is 11.3. The van der Waals surface area contributed by atoms with Gasteiger partial charge in [0.1, 0.15) is 18.2 Å². The van der Waals surface area contributed by atoms with Crippen molar-refractivity contribution in [2.24, 2.45) is 0 Å². The van der Waals surface area contributed by atoms with Gasteiger partial charge in [-0.3, -0.25) is 4.79 Å². The second-order valence-corrected chi connectivity index (χ2v) is 8.29. The van der Waals surface area contributed by atoms with Gasteiger partial charge in [0.2, 0.25) is 0 Å². The Morgan fingerprint density at radius 2 is 1.75 bits per heavy atom. The topological polar surface area (TPSA) is 71.3 Å². The van der Waals surface area contributed by atoms with Crippen molar-refractivity contribution in [2.45, 2.75) is 20.5 Å². The summed E-state index contributed by atoms with van der Waals surface area (Å²) in [6.07, 6.45) is 1.54. The Morgan fingerprint density at radius 1 is 1.03 bits per heavy atom. The van der Waals surface area contributed by atoms with Crippen molar-refractivity contribution in [3.63, 3.8) is 0 Å². The van der Waals surface area contributed by atoms with Crippen LogP contribution in [0.1, 0.15) is 23.6 Å². The van der Waals surface area contributed by atoms with E-state index in [0.717, 1.165) is 14.7 Å². The first-order chi connectivity index (χ1) is 15.5. The van der Waals surface area contributed by atoms with E-state index < -0.39 is 5.91 Å². The molecule has 0 saturated carbocycles.